The van der Waals surface area contributed by atoms with Gasteiger partial charge in [-0.25, -0.2) is 0 Å². The van der Waals surface area contributed by atoms with E-state index in [9.17, 15) is 9.90 Å². The molecule has 5 nitrogen and oxygen atoms in total. The summed E-state index contributed by atoms with van der Waals surface area (Å²) in [6, 6.07) is 9.86. The Bertz CT molecular complexity index is 631. The van der Waals surface area contributed by atoms with Gasteiger partial charge in [0.05, 0.1) is 6.54 Å². The highest BCUT2D eigenvalue weighted by atomic mass is 16.3. The van der Waals surface area contributed by atoms with Gasteiger partial charge in [-0.05, 0) is 42.9 Å². The second kappa shape index (κ2) is 6.32. The number of carbonyl (C=O) groups is 1. The normalized spacial score (nSPS) is 16.6. The number of nitrogens with zero attached hydrogens (tertiary/aromatic N) is 2. The second-order valence-electron chi connectivity index (χ2n) is 5.89. The van der Waals surface area contributed by atoms with Gasteiger partial charge in [-0.2, -0.15) is 5.10 Å². The van der Waals surface area contributed by atoms with E-state index in [1.165, 1.54) is 0 Å². The van der Waals surface area contributed by atoms with Crippen molar-refractivity contribution in [3.63, 3.8) is 0 Å². The fourth-order valence-corrected chi connectivity index (χ4v) is 2.98. The molecule has 0 unspecified atom stereocenters. The van der Waals surface area contributed by atoms with E-state index >= 15 is 0 Å². The molecular formula is C17H21N3O2. The predicted octanol–water partition coefficient (Wildman–Crippen LogP) is 1.85. The Hall–Kier alpha value is -2.14. The van der Waals surface area contributed by atoms with Gasteiger partial charge in [0.1, 0.15) is 5.60 Å². The summed E-state index contributed by atoms with van der Waals surface area (Å²) in [6.07, 6.45) is 6.62. The fraction of sp³-hybridized carbons (Fsp3) is 0.412. The summed E-state index contributed by atoms with van der Waals surface area (Å²) in [7, 11) is 0. The van der Waals surface area contributed by atoms with E-state index in [0.29, 0.717) is 25.9 Å². The summed E-state index contributed by atoms with van der Waals surface area (Å²) in [5.41, 5.74) is 0.995. The molecule has 3 rings (SSSR count). The van der Waals surface area contributed by atoms with Crippen LogP contribution in [-0.4, -0.2) is 26.4 Å². The molecule has 0 aliphatic heterocycles. The summed E-state index contributed by atoms with van der Waals surface area (Å²) in [5, 5.41) is 17.4. The summed E-state index contributed by atoms with van der Waals surface area (Å²) < 4.78 is 1.85. The standard InChI is InChI=1S/C17H21N3O2/c21-16(17(22)8-3-4-9-17)18-12-14-6-1-2-7-15(14)13-20-11-5-10-19-20/h1-2,5-7,10-11,22H,3-4,8-9,12-13H2,(H,18,21). The molecule has 1 aromatic carbocycles. The lowest BCUT2D eigenvalue weighted by Crippen LogP contribution is -2.44. The van der Waals surface area contributed by atoms with Gasteiger partial charge >= 0.3 is 0 Å². The number of aliphatic hydroxyl groups is 1. The van der Waals surface area contributed by atoms with Gasteiger partial charge in [-0.15, -0.1) is 0 Å². The SMILES string of the molecule is O=C(NCc1ccccc1Cn1cccn1)C1(O)CCCC1. The molecule has 1 amide bonds. The number of nitrogens with one attached hydrogen (secondary N) is 1. The molecule has 1 saturated carbocycles. The van der Waals surface area contributed by atoms with Crippen LogP contribution in [0.15, 0.2) is 42.7 Å². The minimum Gasteiger partial charge on any atom is -0.380 e. The van der Waals surface area contributed by atoms with E-state index in [1.807, 2.05) is 41.2 Å². The maximum atomic E-state index is 12.2. The van der Waals surface area contributed by atoms with Crippen LogP contribution in [-0.2, 0) is 17.9 Å². The molecule has 22 heavy (non-hydrogen) atoms. The van der Waals surface area contributed by atoms with E-state index in [1.54, 1.807) is 6.20 Å². The van der Waals surface area contributed by atoms with Crippen molar-refractivity contribution in [2.75, 3.05) is 0 Å². The van der Waals surface area contributed by atoms with Gasteiger partial charge < -0.3 is 10.4 Å². The van der Waals surface area contributed by atoms with Crippen LogP contribution in [0, 0.1) is 0 Å². The van der Waals surface area contributed by atoms with Crippen molar-refractivity contribution in [3.8, 4) is 0 Å². The Morgan fingerprint density at radius 2 is 1.95 bits per heavy atom. The monoisotopic (exact) mass is 299 g/mol. The molecule has 0 saturated heterocycles. The Kier molecular flexibility index (Phi) is 4.24. The van der Waals surface area contributed by atoms with Crippen LogP contribution in [0.4, 0.5) is 0 Å². The van der Waals surface area contributed by atoms with Crippen molar-refractivity contribution in [2.24, 2.45) is 0 Å². The Labute approximate surface area is 130 Å². The van der Waals surface area contributed by atoms with Crippen LogP contribution in [0.3, 0.4) is 0 Å². The van der Waals surface area contributed by atoms with E-state index < -0.39 is 5.60 Å². The molecular weight excluding hydrogens is 278 g/mol. The average molecular weight is 299 g/mol. The van der Waals surface area contributed by atoms with E-state index in [4.69, 9.17) is 0 Å². The average Bonchev–Trinajstić information content (AvgIpc) is 3.18. The van der Waals surface area contributed by atoms with E-state index in [2.05, 4.69) is 10.4 Å². The first-order chi connectivity index (χ1) is 10.7. The molecule has 1 heterocycles. The molecule has 5 heteroatoms. The molecule has 0 atom stereocenters. The molecule has 1 aliphatic carbocycles. The highest BCUT2D eigenvalue weighted by Gasteiger charge is 2.38. The zero-order valence-electron chi connectivity index (χ0n) is 12.5. The topological polar surface area (TPSA) is 67.2 Å². The van der Waals surface area contributed by atoms with Gasteiger partial charge in [0.25, 0.3) is 5.91 Å². The summed E-state index contributed by atoms with van der Waals surface area (Å²) >= 11 is 0. The number of amides is 1. The Morgan fingerprint density at radius 3 is 2.64 bits per heavy atom. The van der Waals surface area contributed by atoms with Crippen LogP contribution in [0.25, 0.3) is 0 Å². The third-order valence-corrected chi connectivity index (χ3v) is 4.30. The maximum absolute atomic E-state index is 12.2. The maximum Gasteiger partial charge on any atom is 0.252 e. The molecule has 0 radical (unpaired) electrons. The quantitative estimate of drug-likeness (QED) is 0.885. The minimum absolute atomic E-state index is 0.251. The van der Waals surface area contributed by atoms with Crippen LogP contribution in [0.5, 0.6) is 0 Å². The lowest BCUT2D eigenvalue weighted by atomic mass is 10.0. The first-order valence-corrected chi connectivity index (χ1v) is 7.72. The number of benzene rings is 1. The fourth-order valence-electron chi connectivity index (χ4n) is 2.98. The van der Waals surface area contributed by atoms with Gasteiger partial charge in [0, 0.05) is 18.9 Å². The Balaban J connectivity index is 1.66. The summed E-state index contributed by atoms with van der Waals surface area (Å²) in [5.74, 6) is -0.251. The van der Waals surface area contributed by atoms with E-state index in [0.717, 1.165) is 24.0 Å². The van der Waals surface area contributed by atoms with Crippen molar-refractivity contribution < 1.29 is 9.90 Å². The molecule has 1 aliphatic rings. The molecule has 1 aromatic heterocycles. The van der Waals surface area contributed by atoms with Crippen molar-refractivity contribution in [1.82, 2.24) is 15.1 Å². The summed E-state index contributed by atoms with van der Waals surface area (Å²) in [4.78, 5) is 12.2. The predicted molar refractivity (Wildman–Crippen MR) is 83.0 cm³/mol. The third kappa shape index (κ3) is 3.20. The lowest BCUT2D eigenvalue weighted by Gasteiger charge is -2.21. The van der Waals surface area contributed by atoms with Gasteiger partial charge in [-0.1, -0.05) is 24.3 Å². The molecule has 2 aromatic rings. The zero-order chi connectivity index (χ0) is 15.4. The molecule has 0 bridgehead atoms. The third-order valence-electron chi connectivity index (χ3n) is 4.30. The van der Waals surface area contributed by atoms with Crippen LogP contribution >= 0.6 is 0 Å². The van der Waals surface area contributed by atoms with Crippen molar-refractivity contribution >= 4 is 5.91 Å². The van der Waals surface area contributed by atoms with Gasteiger partial charge in [-0.3, -0.25) is 9.48 Å². The van der Waals surface area contributed by atoms with Crippen LogP contribution < -0.4 is 5.32 Å². The van der Waals surface area contributed by atoms with Gasteiger partial charge in [0.2, 0.25) is 0 Å². The van der Waals surface area contributed by atoms with Crippen molar-refractivity contribution in [2.45, 2.75) is 44.4 Å². The molecule has 2 N–H and O–H groups in total. The van der Waals surface area contributed by atoms with Crippen LogP contribution in [0.2, 0.25) is 0 Å². The first-order valence-electron chi connectivity index (χ1n) is 7.72. The lowest BCUT2D eigenvalue weighted by molar-refractivity contribution is -0.139. The van der Waals surface area contributed by atoms with Crippen molar-refractivity contribution in [1.29, 1.82) is 0 Å². The highest BCUT2D eigenvalue weighted by Crippen LogP contribution is 2.29. The highest BCUT2D eigenvalue weighted by molar-refractivity contribution is 5.85. The smallest absolute Gasteiger partial charge is 0.252 e. The molecule has 0 spiro atoms. The minimum atomic E-state index is -1.17. The second-order valence-corrected chi connectivity index (χ2v) is 5.89. The molecule has 1 fully saturated rings. The Morgan fingerprint density at radius 1 is 1.23 bits per heavy atom. The molecule has 116 valence electrons. The zero-order valence-corrected chi connectivity index (χ0v) is 12.5. The number of hydrogen-bond donors (Lipinski definition) is 2. The summed E-state index contributed by atoms with van der Waals surface area (Å²) in [6.45, 7) is 1.10. The number of hydrogen-bond acceptors (Lipinski definition) is 3. The van der Waals surface area contributed by atoms with E-state index in [-0.39, 0.29) is 5.91 Å². The number of aromatic nitrogens is 2. The first kappa shape index (κ1) is 14.8. The largest absolute Gasteiger partial charge is 0.380 e. The number of rotatable bonds is 5. The van der Waals surface area contributed by atoms with Gasteiger partial charge in [0.15, 0.2) is 0 Å². The van der Waals surface area contributed by atoms with Crippen LogP contribution in [0.1, 0.15) is 36.8 Å². The number of carbonyl (C=O) groups excluding carboxylic acids is 1. The van der Waals surface area contributed by atoms with Crippen molar-refractivity contribution in [3.05, 3.63) is 53.9 Å².